The summed E-state index contributed by atoms with van der Waals surface area (Å²) in [5, 5.41) is 8.13. The predicted octanol–water partition coefficient (Wildman–Crippen LogP) is 4.17. The number of nitrogens with zero attached hydrogens (tertiary/aromatic N) is 2. The van der Waals surface area contributed by atoms with Crippen LogP contribution in [0.15, 0.2) is 30.6 Å². The first kappa shape index (κ1) is 16.0. The van der Waals surface area contributed by atoms with Crippen molar-refractivity contribution in [3.8, 4) is 0 Å². The number of hydrogen-bond acceptors (Lipinski definition) is 2. The maximum absolute atomic E-state index is 14.2. The zero-order valence-electron chi connectivity index (χ0n) is 12.4. The van der Waals surface area contributed by atoms with Crippen molar-refractivity contribution in [3.63, 3.8) is 0 Å². The fourth-order valence-corrected chi connectivity index (χ4v) is 2.61. The summed E-state index contributed by atoms with van der Waals surface area (Å²) in [6.07, 6.45) is 5.71. The van der Waals surface area contributed by atoms with Crippen molar-refractivity contribution in [2.24, 2.45) is 0 Å². The molecular weight excluding hydrogens is 289 g/mol. The third-order valence-electron chi connectivity index (χ3n) is 3.33. The van der Waals surface area contributed by atoms with Crippen LogP contribution in [-0.4, -0.2) is 16.3 Å². The average molecular weight is 310 g/mol. The van der Waals surface area contributed by atoms with Gasteiger partial charge in [-0.05, 0) is 31.5 Å². The van der Waals surface area contributed by atoms with Gasteiger partial charge in [0.15, 0.2) is 0 Å². The molecule has 0 radical (unpaired) electrons. The molecule has 21 heavy (non-hydrogen) atoms. The zero-order chi connectivity index (χ0) is 15.2. The van der Waals surface area contributed by atoms with Crippen LogP contribution in [-0.2, 0) is 6.54 Å². The van der Waals surface area contributed by atoms with Crippen molar-refractivity contribution in [1.29, 1.82) is 0 Å². The van der Waals surface area contributed by atoms with E-state index in [1.165, 1.54) is 6.07 Å². The van der Waals surface area contributed by atoms with Gasteiger partial charge in [-0.2, -0.15) is 5.10 Å². The SMILES string of the molecule is CCCNC(c1cnn(CCC)c1)c1c(F)cccc1Cl. The van der Waals surface area contributed by atoms with E-state index in [0.717, 1.165) is 31.5 Å². The van der Waals surface area contributed by atoms with E-state index in [1.807, 2.05) is 10.9 Å². The number of benzene rings is 1. The minimum atomic E-state index is -0.292. The molecule has 1 aromatic carbocycles. The van der Waals surface area contributed by atoms with Crippen molar-refractivity contribution in [3.05, 3.63) is 52.6 Å². The molecule has 1 N–H and O–H groups in total. The van der Waals surface area contributed by atoms with Crippen LogP contribution < -0.4 is 5.32 Å². The van der Waals surface area contributed by atoms with Gasteiger partial charge in [0.1, 0.15) is 5.82 Å². The average Bonchev–Trinajstić information content (AvgIpc) is 2.91. The van der Waals surface area contributed by atoms with Crippen molar-refractivity contribution in [2.75, 3.05) is 6.54 Å². The topological polar surface area (TPSA) is 29.9 Å². The van der Waals surface area contributed by atoms with E-state index in [1.54, 1.807) is 18.3 Å². The monoisotopic (exact) mass is 309 g/mol. The number of rotatable bonds is 7. The van der Waals surface area contributed by atoms with Gasteiger partial charge in [0.25, 0.3) is 0 Å². The summed E-state index contributed by atoms with van der Waals surface area (Å²) in [6, 6.07) is 4.51. The third kappa shape index (κ3) is 3.83. The molecule has 114 valence electrons. The van der Waals surface area contributed by atoms with Gasteiger partial charge in [-0.1, -0.05) is 31.5 Å². The molecule has 0 aliphatic heterocycles. The molecule has 1 unspecified atom stereocenters. The van der Waals surface area contributed by atoms with E-state index in [2.05, 4.69) is 24.3 Å². The Kier molecular flexibility index (Phi) is 5.76. The van der Waals surface area contributed by atoms with Crippen LogP contribution in [0.4, 0.5) is 4.39 Å². The van der Waals surface area contributed by atoms with Crippen LogP contribution in [0.2, 0.25) is 5.02 Å². The second kappa shape index (κ2) is 7.57. The fraction of sp³-hybridized carbons (Fsp3) is 0.438. The summed E-state index contributed by atoms with van der Waals surface area (Å²) in [6.45, 7) is 5.81. The van der Waals surface area contributed by atoms with Crippen molar-refractivity contribution < 1.29 is 4.39 Å². The number of aromatic nitrogens is 2. The second-order valence-electron chi connectivity index (χ2n) is 5.06. The third-order valence-corrected chi connectivity index (χ3v) is 3.66. The van der Waals surface area contributed by atoms with Crippen molar-refractivity contribution in [1.82, 2.24) is 15.1 Å². The second-order valence-corrected chi connectivity index (χ2v) is 5.47. The number of aryl methyl sites for hydroxylation is 1. The molecule has 0 aliphatic rings. The molecule has 1 heterocycles. The molecule has 0 amide bonds. The number of halogens is 2. The highest BCUT2D eigenvalue weighted by atomic mass is 35.5. The lowest BCUT2D eigenvalue weighted by molar-refractivity contribution is 0.545. The van der Waals surface area contributed by atoms with Gasteiger partial charge in [0.05, 0.1) is 12.2 Å². The largest absolute Gasteiger partial charge is 0.306 e. The highest BCUT2D eigenvalue weighted by Crippen LogP contribution is 2.30. The molecule has 5 heteroatoms. The van der Waals surface area contributed by atoms with Gasteiger partial charge in [-0.3, -0.25) is 4.68 Å². The first-order valence-electron chi connectivity index (χ1n) is 7.37. The summed E-state index contributed by atoms with van der Waals surface area (Å²) in [5.41, 5.74) is 1.42. The van der Waals surface area contributed by atoms with Crippen molar-refractivity contribution >= 4 is 11.6 Å². The molecule has 1 aromatic heterocycles. The van der Waals surface area contributed by atoms with Crippen LogP contribution in [0.1, 0.15) is 43.9 Å². The number of nitrogens with one attached hydrogen (secondary N) is 1. The first-order chi connectivity index (χ1) is 10.2. The Labute approximate surface area is 130 Å². The Morgan fingerprint density at radius 2 is 2.14 bits per heavy atom. The van der Waals surface area contributed by atoms with Crippen molar-refractivity contribution in [2.45, 2.75) is 39.3 Å². The fourth-order valence-electron chi connectivity index (χ4n) is 2.34. The quantitative estimate of drug-likeness (QED) is 0.831. The molecular formula is C16H21ClFN3. The Bertz CT molecular complexity index is 562. The van der Waals surface area contributed by atoms with Crippen LogP contribution in [0, 0.1) is 5.82 Å². The van der Waals surface area contributed by atoms with E-state index < -0.39 is 0 Å². The predicted molar refractivity (Wildman–Crippen MR) is 84.1 cm³/mol. The van der Waals surface area contributed by atoms with Gasteiger partial charge >= 0.3 is 0 Å². The molecule has 0 fully saturated rings. The van der Waals surface area contributed by atoms with Gasteiger partial charge in [0.2, 0.25) is 0 Å². The number of hydrogen-bond donors (Lipinski definition) is 1. The molecule has 2 rings (SSSR count). The van der Waals surface area contributed by atoms with E-state index >= 15 is 0 Å². The van der Waals surface area contributed by atoms with Crippen LogP contribution in [0.5, 0.6) is 0 Å². The molecule has 0 saturated carbocycles. The Morgan fingerprint density at radius 3 is 2.81 bits per heavy atom. The van der Waals surface area contributed by atoms with E-state index in [-0.39, 0.29) is 11.9 Å². The van der Waals surface area contributed by atoms with Gasteiger partial charge in [-0.25, -0.2) is 4.39 Å². The summed E-state index contributed by atoms with van der Waals surface area (Å²) in [4.78, 5) is 0. The minimum Gasteiger partial charge on any atom is -0.306 e. The van der Waals surface area contributed by atoms with Gasteiger partial charge in [0, 0.05) is 28.9 Å². The lowest BCUT2D eigenvalue weighted by Gasteiger charge is -2.19. The highest BCUT2D eigenvalue weighted by molar-refractivity contribution is 6.31. The summed E-state index contributed by atoms with van der Waals surface area (Å²) in [5.74, 6) is -0.292. The smallest absolute Gasteiger partial charge is 0.129 e. The molecule has 3 nitrogen and oxygen atoms in total. The molecule has 0 saturated heterocycles. The molecule has 0 aliphatic carbocycles. The Hall–Kier alpha value is -1.39. The van der Waals surface area contributed by atoms with Gasteiger partial charge in [-0.15, -0.1) is 0 Å². The van der Waals surface area contributed by atoms with Gasteiger partial charge < -0.3 is 5.32 Å². The standard InChI is InChI=1S/C16H21ClFN3/c1-3-8-19-16(12-10-20-21(11-12)9-4-2)15-13(17)6-5-7-14(15)18/h5-7,10-11,16,19H,3-4,8-9H2,1-2H3. The van der Waals surface area contributed by atoms with E-state index in [4.69, 9.17) is 11.6 Å². The zero-order valence-corrected chi connectivity index (χ0v) is 13.2. The van der Waals surface area contributed by atoms with E-state index in [9.17, 15) is 4.39 Å². The highest BCUT2D eigenvalue weighted by Gasteiger charge is 2.21. The van der Waals surface area contributed by atoms with E-state index in [0.29, 0.717) is 10.6 Å². The maximum Gasteiger partial charge on any atom is 0.129 e. The summed E-state index contributed by atoms with van der Waals surface area (Å²) >= 11 is 6.21. The molecule has 2 aromatic rings. The Morgan fingerprint density at radius 1 is 1.33 bits per heavy atom. The summed E-state index contributed by atoms with van der Waals surface area (Å²) in [7, 11) is 0. The Balaban J connectivity index is 2.37. The lowest BCUT2D eigenvalue weighted by atomic mass is 10.0. The molecule has 1 atom stereocenters. The first-order valence-corrected chi connectivity index (χ1v) is 7.74. The minimum absolute atomic E-state index is 0.274. The lowest BCUT2D eigenvalue weighted by Crippen LogP contribution is -2.24. The van der Waals surface area contributed by atoms with Crippen LogP contribution in [0.25, 0.3) is 0 Å². The maximum atomic E-state index is 14.2. The molecule has 0 spiro atoms. The normalized spacial score (nSPS) is 12.6. The van der Waals surface area contributed by atoms with Crippen LogP contribution in [0.3, 0.4) is 0 Å². The van der Waals surface area contributed by atoms with Crippen LogP contribution >= 0.6 is 11.6 Å². The summed E-state index contributed by atoms with van der Waals surface area (Å²) < 4.78 is 16.1. The molecule has 0 bridgehead atoms.